The Morgan fingerprint density at radius 1 is 1.18 bits per heavy atom. The topological polar surface area (TPSA) is 47.3 Å². The average Bonchev–Trinajstić information content (AvgIpc) is 2.27. The summed E-state index contributed by atoms with van der Waals surface area (Å²) in [5.74, 6) is 0.783. The summed E-state index contributed by atoms with van der Waals surface area (Å²) >= 11 is 0. The van der Waals surface area contributed by atoms with E-state index in [0.717, 1.165) is 12.2 Å². The lowest BCUT2D eigenvalue weighted by Gasteiger charge is -2.41. The van der Waals surface area contributed by atoms with Crippen molar-refractivity contribution < 1.29 is 4.74 Å². The molecule has 22 heavy (non-hydrogen) atoms. The number of benzene rings is 1. The largest absolute Gasteiger partial charge is 0.489 e. The van der Waals surface area contributed by atoms with Crippen LogP contribution in [-0.2, 0) is 0 Å². The number of rotatable bonds is 3. The fraction of sp³-hybridized carbons (Fsp3) is 0.579. The molecule has 0 spiro atoms. The van der Waals surface area contributed by atoms with Crippen LogP contribution in [0.25, 0.3) is 5.57 Å². The summed E-state index contributed by atoms with van der Waals surface area (Å²) < 4.78 is 5.87. The molecule has 0 radical (unpaired) electrons. The minimum atomic E-state index is -0.0238. The second kappa shape index (κ2) is 5.62. The number of nitrogens with two attached hydrogens (primary N) is 1. The van der Waals surface area contributed by atoms with Gasteiger partial charge in [0.15, 0.2) is 0 Å². The highest BCUT2D eigenvalue weighted by Gasteiger charge is 2.33. The SMILES string of the molecule is Cc1cc(N)c(OC(C)C)cc1C1=CC(C)(C)NC(C)(C)C1. The van der Waals surface area contributed by atoms with Gasteiger partial charge >= 0.3 is 0 Å². The molecule has 122 valence electrons. The lowest BCUT2D eigenvalue weighted by atomic mass is 9.80. The second-order valence-electron chi connectivity index (χ2n) is 7.95. The molecule has 0 atom stereocenters. The van der Waals surface area contributed by atoms with Crippen molar-refractivity contribution in [2.45, 2.75) is 72.1 Å². The predicted octanol–water partition coefficient (Wildman–Crippen LogP) is 4.30. The molecule has 0 unspecified atom stereocenters. The lowest BCUT2D eigenvalue weighted by molar-refractivity contribution is 0.243. The molecule has 1 aromatic carbocycles. The fourth-order valence-electron chi connectivity index (χ4n) is 3.50. The van der Waals surface area contributed by atoms with Crippen molar-refractivity contribution in [1.82, 2.24) is 5.32 Å². The van der Waals surface area contributed by atoms with E-state index in [-0.39, 0.29) is 17.2 Å². The second-order valence-corrected chi connectivity index (χ2v) is 7.95. The van der Waals surface area contributed by atoms with E-state index in [1.54, 1.807) is 0 Å². The average molecular weight is 302 g/mol. The number of ether oxygens (including phenoxy) is 1. The minimum Gasteiger partial charge on any atom is -0.489 e. The van der Waals surface area contributed by atoms with Gasteiger partial charge in [0, 0.05) is 11.1 Å². The van der Waals surface area contributed by atoms with Gasteiger partial charge in [-0.3, -0.25) is 0 Å². The highest BCUT2D eigenvalue weighted by molar-refractivity contribution is 5.75. The van der Waals surface area contributed by atoms with E-state index in [1.165, 1.54) is 16.7 Å². The molecule has 3 nitrogen and oxygen atoms in total. The molecule has 1 aliphatic rings. The van der Waals surface area contributed by atoms with Gasteiger partial charge < -0.3 is 15.8 Å². The van der Waals surface area contributed by atoms with Gasteiger partial charge in [-0.25, -0.2) is 0 Å². The minimum absolute atomic E-state index is 0.0238. The fourth-order valence-corrected chi connectivity index (χ4v) is 3.50. The number of nitrogens with one attached hydrogen (secondary N) is 1. The first kappa shape index (κ1) is 16.9. The van der Waals surface area contributed by atoms with E-state index in [0.29, 0.717) is 5.69 Å². The van der Waals surface area contributed by atoms with Gasteiger partial charge in [0.1, 0.15) is 5.75 Å². The third-order valence-electron chi connectivity index (χ3n) is 3.89. The quantitative estimate of drug-likeness (QED) is 0.818. The lowest BCUT2D eigenvalue weighted by Crippen LogP contribution is -2.53. The van der Waals surface area contributed by atoms with Crippen LogP contribution in [-0.4, -0.2) is 17.2 Å². The van der Waals surface area contributed by atoms with Crippen molar-refractivity contribution in [3.05, 3.63) is 29.3 Å². The van der Waals surface area contributed by atoms with Gasteiger partial charge in [-0.15, -0.1) is 0 Å². The van der Waals surface area contributed by atoms with E-state index in [2.05, 4.69) is 52.1 Å². The highest BCUT2D eigenvalue weighted by Crippen LogP contribution is 2.38. The normalized spacial score (nSPS) is 19.9. The van der Waals surface area contributed by atoms with E-state index in [1.807, 2.05) is 19.9 Å². The van der Waals surface area contributed by atoms with E-state index >= 15 is 0 Å². The van der Waals surface area contributed by atoms with Crippen LogP contribution in [0.5, 0.6) is 5.75 Å². The zero-order valence-corrected chi connectivity index (χ0v) is 15.0. The van der Waals surface area contributed by atoms with Crippen molar-refractivity contribution in [3.63, 3.8) is 0 Å². The van der Waals surface area contributed by atoms with Crippen molar-refractivity contribution in [2.75, 3.05) is 5.73 Å². The van der Waals surface area contributed by atoms with Crippen LogP contribution in [0.15, 0.2) is 18.2 Å². The number of aryl methyl sites for hydroxylation is 1. The molecule has 0 bridgehead atoms. The first-order valence-corrected chi connectivity index (χ1v) is 8.07. The van der Waals surface area contributed by atoms with Gasteiger partial charge in [0.25, 0.3) is 0 Å². The molecule has 2 rings (SSSR count). The summed E-state index contributed by atoms with van der Waals surface area (Å²) in [6.07, 6.45) is 3.44. The standard InChI is InChI=1S/C19H30N2O/c1-12(2)22-17-9-15(13(3)8-16(17)20)14-10-18(4,5)21-19(6,7)11-14/h8-10,12,21H,11,20H2,1-7H3. The number of nitrogen functional groups attached to an aromatic ring is 1. The van der Waals surface area contributed by atoms with Crippen LogP contribution in [0.2, 0.25) is 0 Å². The summed E-state index contributed by atoms with van der Waals surface area (Å²) in [6.45, 7) is 15.1. The first-order chi connectivity index (χ1) is 9.99. The van der Waals surface area contributed by atoms with Gasteiger partial charge in [-0.2, -0.15) is 0 Å². The van der Waals surface area contributed by atoms with Crippen LogP contribution in [0.3, 0.4) is 0 Å². The molecule has 1 aliphatic heterocycles. The summed E-state index contributed by atoms with van der Waals surface area (Å²) in [4.78, 5) is 0. The smallest absolute Gasteiger partial charge is 0.143 e. The van der Waals surface area contributed by atoms with Crippen LogP contribution in [0.4, 0.5) is 5.69 Å². The van der Waals surface area contributed by atoms with E-state index in [9.17, 15) is 0 Å². The van der Waals surface area contributed by atoms with Crippen molar-refractivity contribution in [1.29, 1.82) is 0 Å². The molecule has 0 aromatic heterocycles. The Hall–Kier alpha value is -1.48. The Morgan fingerprint density at radius 3 is 2.36 bits per heavy atom. The Morgan fingerprint density at radius 2 is 1.82 bits per heavy atom. The number of hydrogen-bond donors (Lipinski definition) is 2. The monoisotopic (exact) mass is 302 g/mol. The number of anilines is 1. The summed E-state index contributed by atoms with van der Waals surface area (Å²) in [6, 6.07) is 4.13. The zero-order chi connectivity index (χ0) is 16.7. The zero-order valence-electron chi connectivity index (χ0n) is 15.0. The maximum atomic E-state index is 6.12. The van der Waals surface area contributed by atoms with Crippen LogP contribution in [0.1, 0.15) is 59.1 Å². The molecule has 0 saturated heterocycles. The Labute approximate surface area is 134 Å². The molecule has 0 aliphatic carbocycles. The van der Waals surface area contributed by atoms with Crippen molar-refractivity contribution >= 4 is 11.3 Å². The van der Waals surface area contributed by atoms with Gasteiger partial charge in [0.05, 0.1) is 11.8 Å². The first-order valence-electron chi connectivity index (χ1n) is 8.07. The molecular formula is C19H30N2O. The van der Waals surface area contributed by atoms with Gasteiger partial charge in [-0.1, -0.05) is 6.08 Å². The Bertz CT molecular complexity index is 598. The summed E-state index contributed by atoms with van der Waals surface area (Å²) in [7, 11) is 0. The predicted molar refractivity (Wildman–Crippen MR) is 95.2 cm³/mol. The highest BCUT2D eigenvalue weighted by atomic mass is 16.5. The van der Waals surface area contributed by atoms with E-state index < -0.39 is 0 Å². The molecule has 3 heteroatoms. The van der Waals surface area contributed by atoms with Gasteiger partial charge in [0.2, 0.25) is 0 Å². The molecule has 1 heterocycles. The van der Waals surface area contributed by atoms with Crippen molar-refractivity contribution in [2.24, 2.45) is 0 Å². The summed E-state index contributed by atoms with van der Waals surface area (Å²) in [5.41, 5.74) is 10.7. The molecule has 1 aromatic rings. The Balaban J connectivity index is 2.49. The molecule has 0 fully saturated rings. The molecule has 0 amide bonds. The van der Waals surface area contributed by atoms with Crippen LogP contribution >= 0.6 is 0 Å². The van der Waals surface area contributed by atoms with Crippen LogP contribution < -0.4 is 15.8 Å². The van der Waals surface area contributed by atoms with Crippen molar-refractivity contribution in [3.8, 4) is 5.75 Å². The molecular weight excluding hydrogens is 272 g/mol. The van der Waals surface area contributed by atoms with Gasteiger partial charge in [-0.05, 0) is 83.7 Å². The van der Waals surface area contributed by atoms with E-state index in [4.69, 9.17) is 10.5 Å². The molecule has 0 saturated carbocycles. The Kier molecular flexibility index (Phi) is 4.31. The number of hydrogen-bond acceptors (Lipinski definition) is 3. The van der Waals surface area contributed by atoms with Crippen LogP contribution in [0, 0.1) is 6.92 Å². The third-order valence-corrected chi connectivity index (χ3v) is 3.89. The summed E-state index contributed by atoms with van der Waals surface area (Å²) in [5, 5.41) is 3.68. The maximum Gasteiger partial charge on any atom is 0.143 e. The maximum absolute atomic E-state index is 6.12. The molecule has 3 N–H and O–H groups in total. The third kappa shape index (κ3) is 3.83.